The minimum atomic E-state index is 0.873. The molecule has 0 aromatic carbocycles. The van der Waals surface area contributed by atoms with E-state index >= 15 is 0 Å². The van der Waals surface area contributed by atoms with E-state index in [1.165, 1.54) is 37.7 Å². The fourth-order valence-corrected chi connectivity index (χ4v) is 2.60. The molecule has 1 heteroatoms. The van der Waals surface area contributed by atoms with Crippen LogP contribution in [-0.2, 0) is 6.42 Å². The van der Waals surface area contributed by atoms with Crippen molar-refractivity contribution in [3.8, 4) is 0 Å². The number of hydrogen-bond donors (Lipinski definition) is 0. The Kier molecular flexibility index (Phi) is 3.76. The highest BCUT2D eigenvalue weighted by atomic mass is 14.6. The maximum Gasteiger partial charge on any atom is 0.0340 e. The van der Waals surface area contributed by atoms with E-state index in [2.05, 4.69) is 24.6 Å². The molecule has 1 saturated carbocycles. The quantitative estimate of drug-likeness (QED) is 0.740. The van der Waals surface area contributed by atoms with Crippen LogP contribution < -0.4 is 0 Å². The van der Waals surface area contributed by atoms with E-state index in [-0.39, 0.29) is 0 Å². The Labute approximate surface area is 98.6 Å². The molecule has 0 N–H and O–H groups in total. The fraction of sp³-hybridized carbons (Fsp3) is 0.533. The van der Waals surface area contributed by atoms with Crippen molar-refractivity contribution in [1.29, 1.82) is 0 Å². The smallest absolute Gasteiger partial charge is 0.0340 e. The van der Waals surface area contributed by atoms with Crippen molar-refractivity contribution in [2.24, 2.45) is 11.8 Å². The van der Waals surface area contributed by atoms with Gasteiger partial charge in [-0.2, -0.15) is 0 Å². The Morgan fingerprint density at radius 1 is 1.31 bits per heavy atom. The topological polar surface area (TPSA) is 12.9 Å². The van der Waals surface area contributed by atoms with Crippen molar-refractivity contribution in [2.75, 3.05) is 0 Å². The van der Waals surface area contributed by atoms with Crippen LogP contribution in [0.2, 0.25) is 0 Å². The maximum atomic E-state index is 4.26. The van der Waals surface area contributed by atoms with Gasteiger partial charge in [-0.1, -0.05) is 32.4 Å². The lowest BCUT2D eigenvalue weighted by atomic mass is 9.80. The lowest BCUT2D eigenvalue weighted by Crippen LogP contribution is -2.14. The summed E-state index contributed by atoms with van der Waals surface area (Å²) in [6.07, 6.45) is 12.5. The molecule has 0 radical (unpaired) electrons. The zero-order chi connectivity index (χ0) is 11.4. The van der Waals surface area contributed by atoms with Gasteiger partial charge in [-0.15, -0.1) is 0 Å². The third kappa shape index (κ3) is 2.94. The predicted molar refractivity (Wildman–Crippen MR) is 69.2 cm³/mol. The standard InChI is InChI=1S/C15H21N/c1-3-13-8-15(11-16-10-13)9-14-6-4-12(2)5-7-14/h3,8,10-12,14H,1,4-7,9H2,2H3. The molecule has 1 aromatic rings. The van der Waals surface area contributed by atoms with E-state index in [4.69, 9.17) is 0 Å². The van der Waals surface area contributed by atoms with Gasteiger partial charge in [0.1, 0.15) is 0 Å². The van der Waals surface area contributed by atoms with Crippen molar-refractivity contribution < 1.29 is 0 Å². The fourth-order valence-electron chi connectivity index (χ4n) is 2.60. The molecule has 0 amide bonds. The van der Waals surface area contributed by atoms with Gasteiger partial charge in [0, 0.05) is 12.4 Å². The van der Waals surface area contributed by atoms with E-state index in [0.29, 0.717) is 0 Å². The SMILES string of the molecule is C=Cc1cncc(CC2CCC(C)CC2)c1. The zero-order valence-corrected chi connectivity index (χ0v) is 10.2. The zero-order valence-electron chi connectivity index (χ0n) is 10.2. The third-order valence-electron chi connectivity index (χ3n) is 3.71. The van der Waals surface area contributed by atoms with Gasteiger partial charge in [-0.25, -0.2) is 0 Å². The molecule has 0 atom stereocenters. The molecule has 0 aliphatic heterocycles. The maximum absolute atomic E-state index is 4.26. The normalized spacial score (nSPS) is 25.3. The minimum Gasteiger partial charge on any atom is -0.264 e. The summed E-state index contributed by atoms with van der Waals surface area (Å²) in [5.74, 6) is 1.81. The first-order chi connectivity index (χ1) is 7.78. The molecule has 0 bridgehead atoms. The van der Waals surface area contributed by atoms with Gasteiger partial charge in [-0.05, 0) is 48.3 Å². The molecule has 1 fully saturated rings. The summed E-state index contributed by atoms with van der Waals surface area (Å²) in [6, 6.07) is 2.22. The number of rotatable bonds is 3. The van der Waals surface area contributed by atoms with Crippen molar-refractivity contribution in [3.05, 3.63) is 36.2 Å². The summed E-state index contributed by atoms with van der Waals surface area (Å²) in [5, 5.41) is 0. The summed E-state index contributed by atoms with van der Waals surface area (Å²) < 4.78 is 0. The lowest BCUT2D eigenvalue weighted by molar-refractivity contribution is 0.289. The van der Waals surface area contributed by atoms with Gasteiger partial charge in [0.15, 0.2) is 0 Å². The molecule has 0 unspecified atom stereocenters. The van der Waals surface area contributed by atoms with Gasteiger partial charge in [0.05, 0.1) is 0 Å². The molecule has 1 aliphatic rings. The number of pyridine rings is 1. The van der Waals surface area contributed by atoms with E-state index in [0.717, 1.165) is 17.4 Å². The van der Waals surface area contributed by atoms with Crippen LogP contribution in [0.4, 0.5) is 0 Å². The van der Waals surface area contributed by atoms with Crippen LogP contribution in [0.25, 0.3) is 6.08 Å². The van der Waals surface area contributed by atoms with E-state index < -0.39 is 0 Å². The molecular weight excluding hydrogens is 194 g/mol. The van der Waals surface area contributed by atoms with Crippen LogP contribution in [-0.4, -0.2) is 4.98 Å². The summed E-state index contributed by atoms with van der Waals surface area (Å²) in [4.78, 5) is 4.26. The number of nitrogens with zero attached hydrogens (tertiary/aromatic N) is 1. The average Bonchev–Trinajstić information content (AvgIpc) is 2.32. The molecule has 1 heterocycles. The summed E-state index contributed by atoms with van der Waals surface area (Å²) in [7, 11) is 0. The van der Waals surface area contributed by atoms with Crippen molar-refractivity contribution in [2.45, 2.75) is 39.0 Å². The van der Waals surface area contributed by atoms with E-state index in [1.807, 2.05) is 18.5 Å². The number of hydrogen-bond acceptors (Lipinski definition) is 1. The largest absolute Gasteiger partial charge is 0.264 e. The number of aromatic nitrogens is 1. The minimum absolute atomic E-state index is 0.873. The second-order valence-corrected chi connectivity index (χ2v) is 5.16. The first-order valence-electron chi connectivity index (χ1n) is 6.34. The molecule has 1 aliphatic carbocycles. The Balaban J connectivity index is 1.95. The Hall–Kier alpha value is -1.11. The monoisotopic (exact) mass is 215 g/mol. The second-order valence-electron chi connectivity index (χ2n) is 5.16. The van der Waals surface area contributed by atoms with Gasteiger partial charge < -0.3 is 0 Å². The Morgan fingerprint density at radius 2 is 2.06 bits per heavy atom. The first-order valence-corrected chi connectivity index (χ1v) is 6.34. The van der Waals surface area contributed by atoms with E-state index in [1.54, 1.807) is 0 Å². The highest BCUT2D eigenvalue weighted by Crippen LogP contribution is 2.30. The lowest BCUT2D eigenvalue weighted by Gasteiger charge is -2.26. The van der Waals surface area contributed by atoms with Crippen molar-refractivity contribution >= 4 is 6.08 Å². The molecule has 1 aromatic heterocycles. The van der Waals surface area contributed by atoms with Crippen LogP contribution in [0.1, 0.15) is 43.7 Å². The summed E-state index contributed by atoms with van der Waals surface area (Å²) in [6.45, 7) is 6.16. The molecular formula is C15H21N. The summed E-state index contributed by atoms with van der Waals surface area (Å²) in [5.41, 5.74) is 2.51. The van der Waals surface area contributed by atoms with Crippen LogP contribution in [0.15, 0.2) is 25.0 Å². The van der Waals surface area contributed by atoms with Gasteiger partial charge in [0.25, 0.3) is 0 Å². The van der Waals surface area contributed by atoms with Gasteiger partial charge in [-0.3, -0.25) is 4.98 Å². The van der Waals surface area contributed by atoms with E-state index in [9.17, 15) is 0 Å². The molecule has 1 nitrogen and oxygen atoms in total. The van der Waals surface area contributed by atoms with Crippen LogP contribution in [0.3, 0.4) is 0 Å². The predicted octanol–water partition coefficient (Wildman–Crippen LogP) is 4.09. The molecule has 0 spiro atoms. The van der Waals surface area contributed by atoms with Crippen molar-refractivity contribution in [1.82, 2.24) is 4.98 Å². The van der Waals surface area contributed by atoms with Crippen LogP contribution in [0, 0.1) is 11.8 Å². The second kappa shape index (κ2) is 5.29. The highest BCUT2D eigenvalue weighted by Gasteiger charge is 2.18. The molecule has 16 heavy (non-hydrogen) atoms. The summed E-state index contributed by atoms with van der Waals surface area (Å²) >= 11 is 0. The molecule has 86 valence electrons. The highest BCUT2D eigenvalue weighted by molar-refractivity contribution is 5.46. The van der Waals surface area contributed by atoms with Crippen LogP contribution >= 0.6 is 0 Å². The van der Waals surface area contributed by atoms with Gasteiger partial charge in [0.2, 0.25) is 0 Å². The Morgan fingerprint density at radius 3 is 2.75 bits per heavy atom. The third-order valence-corrected chi connectivity index (χ3v) is 3.71. The molecule has 2 rings (SSSR count). The molecule has 0 saturated heterocycles. The van der Waals surface area contributed by atoms with Crippen molar-refractivity contribution in [3.63, 3.8) is 0 Å². The van der Waals surface area contributed by atoms with Crippen LogP contribution in [0.5, 0.6) is 0 Å². The average molecular weight is 215 g/mol. The Bertz CT molecular complexity index is 348. The van der Waals surface area contributed by atoms with Gasteiger partial charge >= 0.3 is 0 Å². The first kappa shape index (κ1) is 11.4.